The molecule has 20 heavy (non-hydrogen) atoms. The smallest absolute Gasteiger partial charge is 0.164 e. The van der Waals surface area contributed by atoms with Crippen molar-refractivity contribution in [3.8, 4) is 11.5 Å². The van der Waals surface area contributed by atoms with E-state index in [2.05, 4.69) is 22.3 Å². The maximum atomic E-state index is 6.06. The molecule has 110 valence electrons. The van der Waals surface area contributed by atoms with E-state index in [1.165, 1.54) is 18.4 Å². The number of rotatable bonds is 6. The van der Waals surface area contributed by atoms with Gasteiger partial charge in [-0.15, -0.1) is 0 Å². The third-order valence-electron chi connectivity index (χ3n) is 4.00. The zero-order chi connectivity index (χ0) is 13.8. The molecular weight excluding hydrogens is 252 g/mol. The minimum atomic E-state index is 0.407. The van der Waals surface area contributed by atoms with E-state index in [-0.39, 0.29) is 0 Å². The molecule has 2 fully saturated rings. The number of para-hydroxylation sites is 1. The Balaban J connectivity index is 1.66. The summed E-state index contributed by atoms with van der Waals surface area (Å²) in [6, 6.07) is 6.22. The van der Waals surface area contributed by atoms with Crippen molar-refractivity contribution >= 4 is 0 Å². The predicted octanol–water partition coefficient (Wildman–Crippen LogP) is 1.68. The first-order chi connectivity index (χ1) is 9.86. The molecule has 4 nitrogen and oxygen atoms in total. The van der Waals surface area contributed by atoms with Gasteiger partial charge in [0.25, 0.3) is 0 Å². The topological polar surface area (TPSA) is 33.7 Å². The molecule has 0 aromatic heterocycles. The van der Waals surface area contributed by atoms with Crippen LogP contribution in [0.3, 0.4) is 0 Å². The Bertz CT molecular complexity index is 440. The van der Waals surface area contributed by atoms with Gasteiger partial charge in [0.05, 0.1) is 13.2 Å². The van der Waals surface area contributed by atoms with Gasteiger partial charge >= 0.3 is 0 Å². The van der Waals surface area contributed by atoms with Gasteiger partial charge in [-0.1, -0.05) is 12.1 Å². The molecule has 3 rings (SSSR count). The van der Waals surface area contributed by atoms with Crippen molar-refractivity contribution in [2.45, 2.75) is 25.4 Å². The highest BCUT2D eigenvalue weighted by Crippen LogP contribution is 2.36. The minimum absolute atomic E-state index is 0.407. The Morgan fingerprint density at radius 1 is 1.25 bits per heavy atom. The van der Waals surface area contributed by atoms with Gasteiger partial charge in [-0.05, 0) is 30.9 Å². The highest BCUT2D eigenvalue weighted by atomic mass is 16.5. The molecule has 1 aromatic rings. The lowest BCUT2D eigenvalue weighted by Gasteiger charge is -2.27. The first-order valence-electron chi connectivity index (χ1n) is 7.62. The summed E-state index contributed by atoms with van der Waals surface area (Å²) in [7, 11) is 1.72. The van der Waals surface area contributed by atoms with E-state index in [9.17, 15) is 0 Å². The number of nitrogens with one attached hydrogen (secondary N) is 1. The summed E-state index contributed by atoms with van der Waals surface area (Å²) in [6.45, 7) is 5.58. The highest BCUT2D eigenvalue weighted by Gasteiger charge is 2.26. The van der Waals surface area contributed by atoms with Gasteiger partial charge in [0.1, 0.15) is 0 Å². The van der Waals surface area contributed by atoms with E-state index < -0.39 is 0 Å². The molecule has 0 bridgehead atoms. The van der Waals surface area contributed by atoms with Crippen LogP contribution in [-0.2, 0) is 6.42 Å². The second-order valence-electron chi connectivity index (χ2n) is 5.61. The lowest BCUT2D eigenvalue weighted by molar-refractivity contribution is 0.240. The summed E-state index contributed by atoms with van der Waals surface area (Å²) >= 11 is 0. The molecule has 0 unspecified atom stereocenters. The number of hydrogen-bond donors (Lipinski definition) is 1. The van der Waals surface area contributed by atoms with Crippen LogP contribution < -0.4 is 14.8 Å². The summed E-state index contributed by atoms with van der Waals surface area (Å²) < 4.78 is 11.5. The van der Waals surface area contributed by atoms with Crippen LogP contribution in [0.25, 0.3) is 0 Å². The van der Waals surface area contributed by atoms with Crippen molar-refractivity contribution in [2.75, 3.05) is 39.8 Å². The molecule has 0 amide bonds. The second kappa shape index (κ2) is 6.46. The Hall–Kier alpha value is -1.26. The number of methoxy groups -OCH3 is 1. The van der Waals surface area contributed by atoms with E-state index in [4.69, 9.17) is 9.47 Å². The summed E-state index contributed by atoms with van der Waals surface area (Å²) in [5.41, 5.74) is 1.27. The lowest BCUT2D eigenvalue weighted by Crippen LogP contribution is -2.44. The monoisotopic (exact) mass is 276 g/mol. The van der Waals surface area contributed by atoms with E-state index >= 15 is 0 Å². The number of nitrogens with zero attached hydrogens (tertiary/aromatic N) is 1. The molecular formula is C16H24N2O2. The standard InChI is InChI=1S/C16H24N2O2/c1-19-15-4-2-3-13(16(15)20-14-5-6-14)7-10-18-11-8-17-9-12-18/h2-4,14,17H,5-12H2,1H3. The van der Waals surface area contributed by atoms with Crippen LogP contribution in [0.4, 0.5) is 0 Å². The van der Waals surface area contributed by atoms with Crippen molar-refractivity contribution in [3.05, 3.63) is 23.8 Å². The summed E-state index contributed by atoms with van der Waals surface area (Å²) in [6.07, 6.45) is 3.79. The SMILES string of the molecule is COc1cccc(CCN2CCNCC2)c1OC1CC1. The van der Waals surface area contributed by atoms with Crippen LogP contribution in [0, 0.1) is 0 Å². The van der Waals surface area contributed by atoms with Crippen LogP contribution in [0.2, 0.25) is 0 Å². The molecule has 2 aliphatic rings. The Kier molecular flexibility index (Phi) is 4.43. The van der Waals surface area contributed by atoms with Crippen LogP contribution in [0.15, 0.2) is 18.2 Å². The average molecular weight is 276 g/mol. The second-order valence-corrected chi connectivity index (χ2v) is 5.61. The van der Waals surface area contributed by atoms with Gasteiger partial charge in [-0.2, -0.15) is 0 Å². The van der Waals surface area contributed by atoms with Crippen LogP contribution in [0.5, 0.6) is 11.5 Å². The fourth-order valence-corrected chi connectivity index (χ4v) is 2.62. The third kappa shape index (κ3) is 3.44. The quantitative estimate of drug-likeness (QED) is 0.857. The maximum Gasteiger partial charge on any atom is 0.164 e. The molecule has 1 aromatic carbocycles. The predicted molar refractivity (Wildman–Crippen MR) is 79.7 cm³/mol. The molecule has 0 atom stereocenters. The fraction of sp³-hybridized carbons (Fsp3) is 0.625. The number of hydrogen-bond acceptors (Lipinski definition) is 4. The van der Waals surface area contributed by atoms with Gasteiger partial charge < -0.3 is 19.7 Å². The molecule has 4 heteroatoms. The summed E-state index contributed by atoms with van der Waals surface area (Å²) in [4.78, 5) is 2.51. The Labute approximate surface area is 121 Å². The first kappa shape index (κ1) is 13.7. The Morgan fingerprint density at radius 2 is 2.05 bits per heavy atom. The molecule has 1 N–H and O–H groups in total. The lowest BCUT2D eigenvalue weighted by atomic mass is 10.1. The number of piperazine rings is 1. The molecule has 1 saturated heterocycles. The van der Waals surface area contributed by atoms with Gasteiger partial charge in [0, 0.05) is 32.7 Å². The van der Waals surface area contributed by atoms with Crippen molar-refractivity contribution in [1.29, 1.82) is 0 Å². The average Bonchev–Trinajstić information content (AvgIpc) is 3.31. The van der Waals surface area contributed by atoms with Gasteiger partial charge in [0.15, 0.2) is 11.5 Å². The molecule has 1 saturated carbocycles. The zero-order valence-corrected chi connectivity index (χ0v) is 12.2. The van der Waals surface area contributed by atoms with Crippen LogP contribution in [-0.4, -0.2) is 50.8 Å². The van der Waals surface area contributed by atoms with Crippen LogP contribution >= 0.6 is 0 Å². The van der Waals surface area contributed by atoms with Crippen molar-refractivity contribution in [2.24, 2.45) is 0 Å². The van der Waals surface area contributed by atoms with Crippen molar-refractivity contribution in [3.63, 3.8) is 0 Å². The molecule has 1 aliphatic carbocycles. The van der Waals surface area contributed by atoms with E-state index in [0.717, 1.165) is 50.6 Å². The summed E-state index contributed by atoms with van der Waals surface area (Å²) in [5.74, 6) is 1.84. The number of benzene rings is 1. The van der Waals surface area contributed by atoms with Crippen molar-refractivity contribution < 1.29 is 9.47 Å². The van der Waals surface area contributed by atoms with Gasteiger partial charge in [-0.25, -0.2) is 0 Å². The molecule has 0 spiro atoms. The van der Waals surface area contributed by atoms with E-state index in [1.807, 2.05) is 6.07 Å². The largest absolute Gasteiger partial charge is 0.493 e. The van der Waals surface area contributed by atoms with Crippen molar-refractivity contribution in [1.82, 2.24) is 10.2 Å². The fourth-order valence-electron chi connectivity index (χ4n) is 2.62. The highest BCUT2D eigenvalue weighted by molar-refractivity contribution is 5.47. The third-order valence-corrected chi connectivity index (χ3v) is 4.00. The molecule has 1 aliphatic heterocycles. The molecule has 1 heterocycles. The van der Waals surface area contributed by atoms with Gasteiger partial charge in [-0.3, -0.25) is 0 Å². The summed E-state index contributed by atoms with van der Waals surface area (Å²) in [5, 5.41) is 3.39. The minimum Gasteiger partial charge on any atom is -0.493 e. The normalized spacial score (nSPS) is 19.9. The first-order valence-corrected chi connectivity index (χ1v) is 7.62. The van der Waals surface area contributed by atoms with E-state index in [0.29, 0.717) is 6.10 Å². The van der Waals surface area contributed by atoms with Crippen LogP contribution in [0.1, 0.15) is 18.4 Å². The number of ether oxygens (including phenoxy) is 2. The zero-order valence-electron chi connectivity index (χ0n) is 12.2. The van der Waals surface area contributed by atoms with Gasteiger partial charge in [0.2, 0.25) is 0 Å². The Morgan fingerprint density at radius 3 is 2.75 bits per heavy atom. The van der Waals surface area contributed by atoms with E-state index in [1.54, 1.807) is 7.11 Å². The maximum absolute atomic E-state index is 6.06. The molecule has 0 radical (unpaired) electrons.